The summed E-state index contributed by atoms with van der Waals surface area (Å²) in [5, 5.41) is 0. The predicted molar refractivity (Wildman–Crippen MR) is 310 cm³/mol. The molecular formula is C66H114N2Ni. The Bertz CT molecular complexity index is 1480. The summed E-state index contributed by atoms with van der Waals surface area (Å²) in [4.78, 5) is 11.2. The van der Waals surface area contributed by atoms with E-state index in [9.17, 15) is 0 Å². The van der Waals surface area contributed by atoms with Crippen molar-refractivity contribution in [3.05, 3.63) is 70.8 Å². The molecule has 0 unspecified atom stereocenters. The maximum Gasteiger partial charge on any atom is 0.0848 e. The third-order valence-corrected chi connectivity index (χ3v) is 14.4. The Morgan fingerprint density at radius 1 is 0.319 bits per heavy atom. The van der Waals surface area contributed by atoms with Crippen molar-refractivity contribution in [2.75, 3.05) is 0 Å². The van der Waals surface area contributed by atoms with Crippen LogP contribution in [-0.2, 0) is 42.2 Å². The summed E-state index contributed by atoms with van der Waals surface area (Å²) in [6.45, 7) is 13.8. The van der Waals surface area contributed by atoms with E-state index in [1.807, 2.05) is 0 Å². The molecule has 2 aromatic rings. The van der Waals surface area contributed by atoms with Crippen molar-refractivity contribution in [1.82, 2.24) is 0 Å². The van der Waals surface area contributed by atoms with Crippen molar-refractivity contribution in [3.8, 4) is 0 Å². The third kappa shape index (κ3) is 36.6. The summed E-state index contributed by atoms with van der Waals surface area (Å²) in [5.41, 5.74) is 10.4. The van der Waals surface area contributed by atoms with Crippen LogP contribution in [0.2, 0.25) is 0 Å². The summed E-state index contributed by atoms with van der Waals surface area (Å²) in [6.07, 6.45) is 63.3. The van der Waals surface area contributed by atoms with Gasteiger partial charge in [0.1, 0.15) is 0 Å². The monoisotopic (exact) mass is 993 g/mol. The van der Waals surface area contributed by atoms with Crippen LogP contribution in [0.15, 0.2) is 58.5 Å². The van der Waals surface area contributed by atoms with Gasteiger partial charge in [-0.1, -0.05) is 272 Å². The first-order valence-corrected chi connectivity index (χ1v) is 30.6. The van der Waals surface area contributed by atoms with Gasteiger partial charge in [0, 0.05) is 16.5 Å². The number of nitrogens with zero attached hydrogens (tertiary/aromatic N) is 2. The van der Waals surface area contributed by atoms with E-state index in [2.05, 4.69) is 90.1 Å². The standard InChI is InChI=1S/C66H114N2.Ni/c1-7-13-19-20-21-22-23-24-25-26-27-28-29-30-31-32-33-34-35-36-37-38-39-40-46-52-66(68-64-57-61(49-43-16-10-4)54-62(58-64)50-44-17-11-5)65(51-45-18-12-6)67-63-55-59(47-41-14-8-2)53-60(56-63)48-42-15-9-3;/h45,51,53-58H,7-44,46-50,52H2,1-6H3;/b51-45+,67-65+,68-66+;. The van der Waals surface area contributed by atoms with Crippen LogP contribution in [0.4, 0.5) is 11.4 Å². The zero-order valence-corrected chi connectivity index (χ0v) is 47.9. The number of allylic oxidation sites excluding steroid dienone is 2. The quantitative estimate of drug-likeness (QED) is 0.0359. The molecule has 0 heterocycles. The average molecular weight is 994 g/mol. The molecule has 0 N–H and O–H groups in total. The summed E-state index contributed by atoms with van der Waals surface area (Å²) < 4.78 is 0. The molecule has 2 rings (SSSR count). The number of benzene rings is 2. The van der Waals surface area contributed by atoms with E-state index < -0.39 is 0 Å². The van der Waals surface area contributed by atoms with Crippen LogP contribution in [0.3, 0.4) is 0 Å². The molecular weight excluding hydrogens is 879 g/mol. The normalized spacial score (nSPS) is 12.1. The molecule has 398 valence electrons. The first kappa shape index (κ1) is 65.0. The van der Waals surface area contributed by atoms with Crippen LogP contribution in [0.5, 0.6) is 0 Å². The van der Waals surface area contributed by atoms with Gasteiger partial charge in [-0.2, -0.15) is 0 Å². The molecule has 0 aromatic heterocycles. The van der Waals surface area contributed by atoms with Crippen LogP contribution in [0.25, 0.3) is 0 Å². The van der Waals surface area contributed by atoms with E-state index in [1.54, 1.807) is 0 Å². The van der Waals surface area contributed by atoms with E-state index in [4.69, 9.17) is 9.98 Å². The largest absolute Gasteiger partial charge is 0.251 e. The van der Waals surface area contributed by atoms with E-state index in [0.717, 1.165) is 62.0 Å². The Morgan fingerprint density at radius 3 is 0.899 bits per heavy atom. The van der Waals surface area contributed by atoms with Gasteiger partial charge < -0.3 is 0 Å². The fraction of sp³-hybridized carbons (Fsp3) is 0.758. The molecule has 3 heteroatoms. The van der Waals surface area contributed by atoms with Gasteiger partial charge in [-0.3, -0.25) is 4.99 Å². The SMILES string of the molecule is CCC/C=C/C(=N\c1cc(CCCCC)cc(CCCCC)c1)C(/CCCCCCCCCCCCCCCCCCCCCCCCCCC)=N/c1cc(CCCCC)cc(CCCCC)c1.[Ni]. The van der Waals surface area contributed by atoms with Gasteiger partial charge in [0.2, 0.25) is 0 Å². The number of unbranched alkanes of at least 4 members (excludes halogenated alkanes) is 33. The molecule has 0 radical (unpaired) electrons. The zero-order valence-electron chi connectivity index (χ0n) is 46.9. The minimum absolute atomic E-state index is 0. The first-order chi connectivity index (χ1) is 33.6. The number of rotatable bonds is 48. The summed E-state index contributed by atoms with van der Waals surface area (Å²) in [5.74, 6) is 0. The van der Waals surface area contributed by atoms with Crippen molar-refractivity contribution in [1.29, 1.82) is 0 Å². The molecule has 0 aliphatic carbocycles. The van der Waals surface area contributed by atoms with Crippen molar-refractivity contribution in [2.24, 2.45) is 9.98 Å². The maximum atomic E-state index is 5.64. The fourth-order valence-electron chi connectivity index (χ4n) is 10.0. The number of aryl methyl sites for hydroxylation is 4. The van der Waals surface area contributed by atoms with E-state index in [-0.39, 0.29) is 16.5 Å². The Balaban J connectivity index is 0.0000238. The zero-order chi connectivity index (χ0) is 48.8. The van der Waals surface area contributed by atoms with Crippen LogP contribution in [0, 0.1) is 0 Å². The van der Waals surface area contributed by atoms with Crippen LogP contribution in [0.1, 0.15) is 321 Å². The van der Waals surface area contributed by atoms with Crippen LogP contribution < -0.4 is 0 Å². The number of hydrogen-bond acceptors (Lipinski definition) is 2. The topological polar surface area (TPSA) is 24.7 Å². The molecule has 69 heavy (non-hydrogen) atoms. The molecule has 0 spiro atoms. The number of hydrogen-bond donors (Lipinski definition) is 0. The Morgan fingerprint density at radius 2 is 0.594 bits per heavy atom. The van der Waals surface area contributed by atoms with Gasteiger partial charge in [-0.15, -0.1) is 0 Å². The van der Waals surface area contributed by atoms with E-state index >= 15 is 0 Å². The molecule has 2 aromatic carbocycles. The summed E-state index contributed by atoms with van der Waals surface area (Å²) >= 11 is 0. The van der Waals surface area contributed by atoms with Crippen molar-refractivity contribution in [2.45, 2.75) is 324 Å². The molecule has 0 fully saturated rings. The molecule has 0 atom stereocenters. The summed E-state index contributed by atoms with van der Waals surface area (Å²) in [7, 11) is 0. The van der Waals surface area contributed by atoms with Crippen molar-refractivity contribution in [3.63, 3.8) is 0 Å². The average Bonchev–Trinajstić information content (AvgIpc) is 3.33. The van der Waals surface area contributed by atoms with Gasteiger partial charge >= 0.3 is 0 Å². The van der Waals surface area contributed by atoms with Crippen LogP contribution in [-0.4, -0.2) is 11.4 Å². The molecule has 0 amide bonds. The van der Waals surface area contributed by atoms with Gasteiger partial charge in [-0.25, -0.2) is 4.99 Å². The molecule has 0 saturated heterocycles. The maximum absolute atomic E-state index is 5.64. The smallest absolute Gasteiger partial charge is 0.0848 e. The van der Waals surface area contributed by atoms with Gasteiger partial charge in [0.05, 0.1) is 22.8 Å². The van der Waals surface area contributed by atoms with Crippen LogP contribution >= 0.6 is 0 Å². The second-order valence-electron chi connectivity index (χ2n) is 21.3. The Labute approximate surface area is 441 Å². The van der Waals surface area contributed by atoms with Crippen molar-refractivity contribution < 1.29 is 16.5 Å². The molecule has 2 nitrogen and oxygen atoms in total. The Kier molecular flexibility index (Phi) is 45.5. The van der Waals surface area contributed by atoms with Gasteiger partial charge in [-0.05, 0) is 123 Å². The second-order valence-corrected chi connectivity index (χ2v) is 21.3. The number of aliphatic imine (C=N–C) groups is 2. The van der Waals surface area contributed by atoms with E-state index in [1.165, 1.54) is 266 Å². The fourth-order valence-corrected chi connectivity index (χ4v) is 10.0. The predicted octanol–water partition coefficient (Wildman–Crippen LogP) is 23.0. The molecule has 0 aliphatic rings. The van der Waals surface area contributed by atoms with Crippen molar-refractivity contribution >= 4 is 22.8 Å². The third-order valence-electron chi connectivity index (χ3n) is 14.4. The minimum atomic E-state index is 0. The second kappa shape index (κ2) is 48.3. The molecule has 0 aliphatic heterocycles. The molecule has 0 saturated carbocycles. The minimum Gasteiger partial charge on any atom is -0.251 e. The molecule has 0 bridgehead atoms. The first-order valence-electron chi connectivity index (χ1n) is 30.6. The van der Waals surface area contributed by atoms with E-state index in [0.29, 0.717) is 0 Å². The van der Waals surface area contributed by atoms with Gasteiger partial charge in [0.25, 0.3) is 0 Å². The Hall–Kier alpha value is -1.99. The van der Waals surface area contributed by atoms with Gasteiger partial charge in [0.15, 0.2) is 0 Å². The summed E-state index contributed by atoms with van der Waals surface area (Å²) in [6, 6.07) is 14.6.